The van der Waals surface area contributed by atoms with Crippen LogP contribution in [0.4, 0.5) is 18.9 Å². The number of hydrogen-bond donors (Lipinski definition) is 0. The Kier molecular flexibility index (Phi) is 5.63. The van der Waals surface area contributed by atoms with E-state index in [4.69, 9.17) is 9.47 Å². The number of amides is 1. The Balaban J connectivity index is 1.45. The molecule has 180 valence electrons. The smallest absolute Gasteiger partial charge is 0.406 e. The zero-order valence-electron chi connectivity index (χ0n) is 18.9. The van der Waals surface area contributed by atoms with Crippen LogP contribution in [0.1, 0.15) is 15.9 Å². The van der Waals surface area contributed by atoms with Crippen molar-refractivity contribution in [3.8, 4) is 17.0 Å². The summed E-state index contributed by atoms with van der Waals surface area (Å²) in [7, 11) is 3.13. The number of imidazole rings is 1. The molecule has 5 rings (SSSR count). The van der Waals surface area contributed by atoms with Crippen molar-refractivity contribution < 1.29 is 27.4 Å². The number of hydrogen-bond acceptors (Lipinski definition) is 5. The Morgan fingerprint density at radius 3 is 2.68 bits per heavy atom. The van der Waals surface area contributed by atoms with Crippen molar-refractivity contribution in [2.24, 2.45) is 5.92 Å². The third-order valence-corrected chi connectivity index (χ3v) is 6.44. The summed E-state index contributed by atoms with van der Waals surface area (Å²) >= 11 is 0. The van der Waals surface area contributed by atoms with E-state index < -0.39 is 18.6 Å². The molecule has 34 heavy (non-hydrogen) atoms. The van der Waals surface area contributed by atoms with Crippen LogP contribution in [0, 0.1) is 5.92 Å². The van der Waals surface area contributed by atoms with Crippen molar-refractivity contribution in [1.29, 1.82) is 0 Å². The van der Waals surface area contributed by atoms with Gasteiger partial charge in [0.1, 0.15) is 17.9 Å². The molecule has 10 heteroatoms. The third-order valence-electron chi connectivity index (χ3n) is 6.44. The topological polar surface area (TPSA) is 59.3 Å². The SMILES string of the molecule is COCC1CN(c2ccn3c(-c4cc5c(c(OC)c4)C(=O)N(CC(F)(F)F)CC5)cnc3c2)C1. The van der Waals surface area contributed by atoms with E-state index in [0.29, 0.717) is 17.9 Å². The standard InChI is InChI=1S/C24H25F3N4O3/c1-33-13-15-11-30(12-15)18-4-6-31-19(10-28-21(31)9-18)17-7-16-3-5-29(14-24(25,26)27)23(32)22(16)20(8-17)34-2/h4,6-10,15H,3,5,11-14H2,1-2H3. The predicted molar refractivity (Wildman–Crippen MR) is 120 cm³/mol. The first-order chi connectivity index (χ1) is 16.3. The summed E-state index contributed by atoms with van der Waals surface area (Å²) in [6.45, 7) is 1.38. The van der Waals surface area contributed by atoms with Crippen LogP contribution in [0.5, 0.6) is 5.75 Å². The summed E-state index contributed by atoms with van der Waals surface area (Å²) in [6.07, 6.45) is -0.417. The number of carbonyl (C=O) groups excluding carboxylic acids is 1. The number of alkyl halides is 3. The lowest BCUT2D eigenvalue weighted by atomic mass is 9.94. The minimum Gasteiger partial charge on any atom is -0.496 e. The molecule has 1 fully saturated rings. The maximum absolute atomic E-state index is 12.9. The van der Waals surface area contributed by atoms with Crippen LogP contribution < -0.4 is 9.64 Å². The van der Waals surface area contributed by atoms with Gasteiger partial charge in [-0.2, -0.15) is 13.2 Å². The molecule has 1 aromatic carbocycles. The highest BCUT2D eigenvalue weighted by atomic mass is 19.4. The van der Waals surface area contributed by atoms with E-state index in [9.17, 15) is 18.0 Å². The molecular weight excluding hydrogens is 449 g/mol. The summed E-state index contributed by atoms with van der Waals surface area (Å²) in [5, 5.41) is 0. The molecule has 7 nitrogen and oxygen atoms in total. The number of carbonyl (C=O) groups is 1. The van der Waals surface area contributed by atoms with E-state index in [2.05, 4.69) is 9.88 Å². The summed E-state index contributed by atoms with van der Waals surface area (Å²) in [5.41, 5.74) is 4.35. The molecule has 0 saturated carbocycles. The molecule has 0 N–H and O–H groups in total. The van der Waals surface area contributed by atoms with E-state index in [1.54, 1.807) is 19.4 Å². The minimum atomic E-state index is -4.45. The van der Waals surface area contributed by atoms with Gasteiger partial charge in [0, 0.05) is 56.2 Å². The molecule has 0 bridgehead atoms. The van der Waals surface area contributed by atoms with Gasteiger partial charge in [-0.05, 0) is 30.2 Å². The summed E-state index contributed by atoms with van der Waals surface area (Å²) < 4.78 is 51.3. The number of methoxy groups -OCH3 is 2. The van der Waals surface area contributed by atoms with Gasteiger partial charge in [-0.25, -0.2) is 4.98 Å². The molecule has 1 saturated heterocycles. The molecule has 0 unspecified atom stereocenters. The Bertz CT molecular complexity index is 1220. The minimum absolute atomic E-state index is 0.00830. The first kappa shape index (κ1) is 22.5. The largest absolute Gasteiger partial charge is 0.496 e. The predicted octanol–water partition coefficient (Wildman–Crippen LogP) is 3.65. The van der Waals surface area contributed by atoms with Crippen LogP contribution in [-0.4, -0.2) is 73.4 Å². The number of anilines is 1. The van der Waals surface area contributed by atoms with Crippen molar-refractivity contribution >= 4 is 17.2 Å². The molecule has 0 spiro atoms. The van der Waals surface area contributed by atoms with Gasteiger partial charge >= 0.3 is 6.18 Å². The highest BCUT2D eigenvalue weighted by molar-refractivity contribution is 6.00. The van der Waals surface area contributed by atoms with Gasteiger partial charge < -0.3 is 19.3 Å². The number of rotatable bonds is 6. The number of nitrogens with zero attached hydrogens (tertiary/aromatic N) is 4. The zero-order valence-corrected chi connectivity index (χ0v) is 18.9. The van der Waals surface area contributed by atoms with Crippen molar-refractivity contribution in [2.45, 2.75) is 12.6 Å². The van der Waals surface area contributed by atoms with Gasteiger partial charge in [-0.15, -0.1) is 0 Å². The molecule has 2 aromatic heterocycles. The maximum atomic E-state index is 12.9. The van der Waals surface area contributed by atoms with Crippen molar-refractivity contribution in [1.82, 2.24) is 14.3 Å². The van der Waals surface area contributed by atoms with E-state index in [0.717, 1.165) is 47.2 Å². The van der Waals surface area contributed by atoms with Gasteiger partial charge in [0.15, 0.2) is 0 Å². The van der Waals surface area contributed by atoms with Crippen LogP contribution in [0.2, 0.25) is 0 Å². The van der Waals surface area contributed by atoms with Crippen molar-refractivity contribution in [3.63, 3.8) is 0 Å². The van der Waals surface area contributed by atoms with Gasteiger partial charge in [0.2, 0.25) is 0 Å². The first-order valence-electron chi connectivity index (χ1n) is 11.1. The number of halogens is 3. The highest BCUT2D eigenvalue weighted by Crippen LogP contribution is 2.36. The quantitative estimate of drug-likeness (QED) is 0.546. The Morgan fingerprint density at radius 2 is 1.97 bits per heavy atom. The Labute approximate surface area is 194 Å². The Hall–Kier alpha value is -3.27. The summed E-state index contributed by atoms with van der Waals surface area (Å²) in [4.78, 5) is 20.5. The van der Waals surface area contributed by atoms with Gasteiger partial charge in [0.05, 0.1) is 31.2 Å². The monoisotopic (exact) mass is 474 g/mol. The van der Waals surface area contributed by atoms with Crippen LogP contribution in [0.15, 0.2) is 36.7 Å². The van der Waals surface area contributed by atoms with E-state index in [1.807, 2.05) is 28.8 Å². The first-order valence-corrected chi connectivity index (χ1v) is 11.1. The average Bonchev–Trinajstić information content (AvgIpc) is 3.19. The van der Waals surface area contributed by atoms with Gasteiger partial charge in [-0.1, -0.05) is 0 Å². The molecular formula is C24H25F3N4O3. The van der Waals surface area contributed by atoms with Crippen molar-refractivity contribution in [2.75, 3.05) is 51.9 Å². The third kappa shape index (κ3) is 4.06. The van der Waals surface area contributed by atoms with E-state index >= 15 is 0 Å². The van der Waals surface area contributed by atoms with Crippen LogP contribution in [0.3, 0.4) is 0 Å². The lowest BCUT2D eigenvalue weighted by molar-refractivity contribution is -0.141. The number of benzene rings is 1. The summed E-state index contributed by atoms with van der Waals surface area (Å²) in [6, 6.07) is 7.61. The lowest BCUT2D eigenvalue weighted by Crippen LogP contribution is -2.48. The van der Waals surface area contributed by atoms with E-state index in [-0.39, 0.29) is 17.9 Å². The molecule has 0 atom stereocenters. The maximum Gasteiger partial charge on any atom is 0.406 e. The lowest BCUT2D eigenvalue weighted by Gasteiger charge is -2.40. The molecule has 0 radical (unpaired) electrons. The Morgan fingerprint density at radius 1 is 1.18 bits per heavy atom. The molecule has 4 heterocycles. The second-order valence-corrected chi connectivity index (χ2v) is 8.79. The van der Waals surface area contributed by atoms with Crippen LogP contribution in [0.25, 0.3) is 16.9 Å². The van der Waals surface area contributed by atoms with Crippen LogP contribution >= 0.6 is 0 Å². The summed E-state index contributed by atoms with van der Waals surface area (Å²) in [5.74, 6) is 0.140. The fourth-order valence-corrected chi connectivity index (χ4v) is 4.81. The number of ether oxygens (including phenoxy) is 2. The number of aromatic nitrogens is 2. The van der Waals surface area contributed by atoms with Gasteiger partial charge in [-0.3, -0.25) is 9.20 Å². The van der Waals surface area contributed by atoms with Crippen LogP contribution in [-0.2, 0) is 11.2 Å². The van der Waals surface area contributed by atoms with Crippen molar-refractivity contribution in [3.05, 3.63) is 47.8 Å². The zero-order chi connectivity index (χ0) is 24.0. The highest BCUT2D eigenvalue weighted by Gasteiger charge is 2.37. The number of fused-ring (bicyclic) bond motifs is 2. The normalized spacial score (nSPS) is 16.7. The fraction of sp³-hybridized carbons (Fsp3) is 0.417. The average molecular weight is 474 g/mol. The molecule has 0 aliphatic carbocycles. The molecule has 2 aliphatic heterocycles. The number of pyridine rings is 1. The van der Waals surface area contributed by atoms with Gasteiger partial charge in [0.25, 0.3) is 5.91 Å². The molecule has 1 amide bonds. The van der Waals surface area contributed by atoms with E-state index in [1.165, 1.54) is 7.11 Å². The second-order valence-electron chi connectivity index (χ2n) is 8.79. The molecule has 3 aromatic rings. The fourth-order valence-electron chi connectivity index (χ4n) is 4.81. The second kappa shape index (κ2) is 8.50. The molecule has 2 aliphatic rings.